The fraction of sp³-hybridized carbons (Fsp3) is 0.565. The third kappa shape index (κ3) is 5.28. The lowest BCUT2D eigenvalue weighted by molar-refractivity contribution is -0.120. The van der Waals surface area contributed by atoms with Crippen molar-refractivity contribution in [3.63, 3.8) is 0 Å². The number of rotatable bonds is 3. The van der Waals surface area contributed by atoms with Crippen molar-refractivity contribution in [1.29, 1.82) is 0 Å². The van der Waals surface area contributed by atoms with Gasteiger partial charge in [-0.1, -0.05) is 11.6 Å². The molecule has 3 saturated heterocycles. The Morgan fingerprint density at radius 3 is 2.32 bits per heavy atom. The number of amides is 5. The summed E-state index contributed by atoms with van der Waals surface area (Å²) in [5.41, 5.74) is 0.343. The molecule has 0 saturated carbocycles. The first-order valence-corrected chi connectivity index (χ1v) is 11.8. The van der Waals surface area contributed by atoms with E-state index in [1.165, 1.54) is 4.90 Å². The van der Waals surface area contributed by atoms with Gasteiger partial charge in [0.15, 0.2) is 0 Å². The third-order valence-corrected chi connectivity index (χ3v) is 6.49. The first-order chi connectivity index (χ1) is 16.0. The third-order valence-electron chi connectivity index (χ3n) is 6.17. The van der Waals surface area contributed by atoms with Gasteiger partial charge in [0.05, 0.1) is 10.7 Å². The summed E-state index contributed by atoms with van der Waals surface area (Å²) >= 11 is 6.29. The summed E-state index contributed by atoms with van der Waals surface area (Å²) in [7, 11) is 0. The van der Waals surface area contributed by atoms with Gasteiger partial charge in [-0.2, -0.15) is 0 Å². The van der Waals surface area contributed by atoms with E-state index in [-0.39, 0.29) is 36.9 Å². The molecule has 0 atom stereocenters. The molecule has 1 N–H and O–H groups in total. The van der Waals surface area contributed by atoms with Crippen LogP contribution in [0.1, 0.15) is 37.6 Å². The topological polar surface area (TPSA) is 102 Å². The van der Waals surface area contributed by atoms with Crippen LogP contribution in [0.3, 0.4) is 0 Å². The normalized spacial score (nSPS) is 20.2. The van der Waals surface area contributed by atoms with E-state index in [4.69, 9.17) is 16.3 Å². The van der Waals surface area contributed by atoms with Gasteiger partial charge in [-0.3, -0.25) is 24.7 Å². The molecule has 1 aromatic carbocycles. The summed E-state index contributed by atoms with van der Waals surface area (Å²) in [5, 5.41) is 2.61. The van der Waals surface area contributed by atoms with Crippen LogP contribution in [-0.4, -0.2) is 96.1 Å². The quantitative estimate of drug-likeness (QED) is 0.695. The van der Waals surface area contributed by atoms with Gasteiger partial charge in [0.2, 0.25) is 5.91 Å². The molecule has 34 heavy (non-hydrogen) atoms. The SMILES string of the molecule is CC(C)(C)OC(=O)N1CC(N2CCN(C(=O)c3ccc(Cl)c(N4CCC(=O)NC4=O)c3)CC2)C1. The number of anilines is 1. The van der Waals surface area contributed by atoms with E-state index < -0.39 is 11.6 Å². The first kappa shape index (κ1) is 24.3. The maximum absolute atomic E-state index is 13.1. The van der Waals surface area contributed by atoms with Crippen molar-refractivity contribution in [2.45, 2.75) is 38.8 Å². The smallest absolute Gasteiger partial charge is 0.410 e. The Labute approximate surface area is 203 Å². The summed E-state index contributed by atoms with van der Waals surface area (Å²) in [4.78, 5) is 56.1. The van der Waals surface area contributed by atoms with E-state index in [0.29, 0.717) is 42.5 Å². The molecular weight excluding hydrogens is 462 g/mol. The molecule has 3 aliphatic rings. The second kappa shape index (κ2) is 9.42. The molecule has 0 unspecified atom stereocenters. The fourth-order valence-electron chi connectivity index (χ4n) is 4.28. The van der Waals surface area contributed by atoms with Crippen molar-refractivity contribution in [2.75, 3.05) is 50.7 Å². The molecule has 0 bridgehead atoms. The number of hydrogen-bond donors (Lipinski definition) is 1. The van der Waals surface area contributed by atoms with E-state index in [2.05, 4.69) is 10.2 Å². The minimum Gasteiger partial charge on any atom is -0.444 e. The molecule has 0 radical (unpaired) electrons. The first-order valence-electron chi connectivity index (χ1n) is 11.4. The highest BCUT2D eigenvalue weighted by molar-refractivity contribution is 6.34. The molecule has 3 aliphatic heterocycles. The molecule has 11 heteroatoms. The van der Waals surface area contributed by atoms with Crippen LogP contribution in [0.5, 0.6) is 0 Å². The number of benzene rings is 1. The zero-order chi connectivity index (χ0) is 24.6. The molecule has 0 aliphatic carbocycles. The Morgan fingerprint density at radius 2 is 1.71 bits per heavy atom. The highest BCUT2D eigenvalue weighted by Crippen LogP contribution is 2.29. The summed E-state index contributed by atoms with van der Waals surface area (Å²) in [5.74, 6) is -0.460. The van der Waals surface area contributed by atoms with Gasteiger partial charge in [0, 0.05) is 63.8 Å². The Balaban J connectivity index is 1.32. The number of hydrogen-bond acceptors (Lipinski definition) is 6. The number of nitrogens with zero attached hydrogens (tertiary/aromatic N) is 4. The Hall–Kier alpha value is -2.85. The molecule has 0 spiro atoms. The zero-order valence-corrected chi connectivity index (χ0v) is 20.4. The lowest BCUT2D eigenvalue weighted by atomic mass is 10.1. The van der Waals surface area contributed by atoms with Gasteiger partial charge in [0.25, 0.3) is 5.91 Å². The second-order valence-electron chi connectivity index (χ2n) is 9.79. The van der Waals surface area contributed by atoms with Gasteiger partial charge in [-0.05, 0) is 39.0 Å². The zero-order valence-electron chi connectivity index (χ0n) is 19.7. The number of urea groups is 1. The predicted octanol–water partition coefficient (Wildman–Crippen LogP) is 2.16. The molecule has 5 amide bonds. The number of imide groups is 1. The van der Waals surface area contributed by atoms with Crippen molar-refractivity contribution in [1.82, 2.24) is 20.0 Å². The Bertz CT molecular complexity index is 996. The van der Waals surface area contributed by atoms with Crippen molar-refractivity contribution in [2.24, 2.45) is 0 Å². The predicted molar refractivity (Wildman–Crippen MR) is 126 cm³/mol. The number of halogens is 1. The van der Waals surface area contributed by atoms with Crippen LogP contribution in [0.4, 0.5) is 15.3 Å². The highest BCUT2D eigenvalue weighted by Gasteiger charge is 2.38. The van der Waals surface area contributed by atoms with Crippen LogP contribution >= 0.6 is 11.6 Å². The maximum atomic E-state index is 13.1. The van der Waals surface area contributed by atoms with Gasteiger partial charge < -0.3 is 14.5 Å². The summed E-state index contributed by atoms with van der Waals surface area (Å²) in [6.45, 7) is 9.59. The van der Waals surface area contributed by atoms with Gasteiger partial charge in [-0.25, -0.2) is 9.59 Å². The standard InChI is InChI=1S/C23H30ClN5O5/c1-23(2,3)34-22(33)28-13-16(14-28)26-8-10-27(11-9-26)20(31)15-4-5-17(24)18(12-15)29-7-6-19(30)25-21(29)32/h4-5,12,16H,6-11,13-14H2,1-3H3,(H,25,30,32). The molecule has 3 fully saturated rings. The van der Waals surface area contributed by atoms with Crippen LogP contribution in [0.2, 0.25) is 5.02 Å². The number of piperazine rings is 1. The van der Waals surface area contributed by atoms with Crippen LogP contribution in [0, 0.1) is 0 Å². The average Bonchev–Trinajstić information content (AvgIpc) is 2.72. The fourth-order valence-corrected chi connectivity index (χ4v) is 4.50. The largest absolute Gasteiger partial charge is 0.444 e. The van der Waals surface area contributed by atoms with Gasteiger partial charge >= 0.3 is 12.1 Å². The molecular formula is C23H30ClN5O5. The Kier molecular flexibility index (Phi) is 6.73. The molecule has 4 rings (SSSR count). The van der Waals surface area contributed by atoms with Crippen molar-refractivity contribution < 1.29 is 23.9 Å². The monoisotopic (exact) mass is 491 g/mol. The van der Waals surface area contributed by atoms with Gasteiger partial charge in [-0.15, -0.1) is 0 Å². The maximum Gasteiger partial charge on any atom is 0.410 e. The number of likely N-dealkylation sites (tertiary alicyclic amines) is 1. The van der Waals surface area contributed by atoms with Crippen LogP contribution in [0.25, 0.3) is 0 Å². The van der Waals surface area contributed by atoms with E-state index in [1.807, 2.05) is 20.8 Å². The molecule has 0 aromatic heterocycles. The van der Waals surface area contributed by atoms with E-state index in [1.54, 1.807) is 28.0 Å². The molecule has 3 heterocycles. The van der Waals surface area contributed by atoms with Crippen molar-refractivity contribution >= 4 is 41.2 Å². The van der Waals surface area contributed by atoms with Crippen molar-refractivity contribution in [3.8, 4) is 0 Å². The number of nitrogens with one attached hydrogen (secondary N) is 1. The number of carbonyl (C=O) groups is 4. The lowest BCUT2D eigenvalue weighted by Crippen LogP contribution is -2.64. The van der Waals surface area contributed by atoms with E-state index in [0.717, 1.165) is 13.1 Å². The highest BCUT2D eigenvalue weighted by atomic mass is 35.5. The molecule has 184 valence electrons. The van der Waals surface area contributed by atoms with Crippen LogP contribution in [0.15, 0.2) is 18.2 Å². The lowest BCUT2D eigenvalue weighted by Gasteiger charge is -2.48. The van der Waals surface area contributed by atoms with E-state index in [9.17, 15) is 19.2 Å². The number of carbonyl (C=O) groups excluding carboxylic acids is 4. The Morgan fingerprint density at radius 1 is 1.03 bits per heavy atom. The summed E-state index contributed by atoms with van der Waals surface area (Å²) < 4.78 is 5.41. The second-order valence-corrected chi connectivity index (χ2v) is 10.2. The minimum atomic E-state index is -0.544. The summed E-state index contributed by atoms with van der Waals surface area (Å²) in [6, 6.07) is 4.59. The van der Waals surface area contributed by atoms with E-state index >= 15 is 0 Å². The van der Waals surface area contributed by atoms with Crippen molar-refractivity contribution in [3.05, 3.63) is 28.8 Å². The molecule has 10 nitrogen and oxygen atoms in total. The minimum absolute atomic E-state index is 0.130. The number of ether oxygens (including phenoxy) is 1. The van der Waals surface area contributed by atoms with Gasteiger partial charge in [0.1, 0.15) is 5.60 Å². The van der Waals surface area contributed by atoms with Crippen LogP contribution < -0.4 is 10.2 Å². The average molecular weight is 492 g/mol. The van der Waals surface area contributed by atoms with Crippen LogP contribution in [-0.2, 0) is 9.53 Å². The summed E-state index contributed by atoms with van der Waals surface area (Å²) in [6.07, 6.45) is -0.114. The molecule has 1 aromatic rings.